The number of halogens is 1. The van der Waals surface area contributed by atoms with Gasteiger partial charge in [-0.15, -0.1) is 17.3 Å². The molecule has 0 heterocycles. The van der Waals surface area contributed by atoms with E-state index in [1.54, 1.807) is 0 Å². The van der Waals surface area contributed by atoms with Gasteiger partial charge in [0.25, 0.3) is 0 Å². The van der Waals surface area contributed by atoms with Crippen molar-refractivity contribution in [2.24, 2.45) is 0 Å². The van der Waals surface area contributed by atoms with Crippen LogP contribution in [-0.2, 0) is 13.6 Å². The van der Waals surface area contributed by atoms with Crippen LogP contribution in [0.25, 0.3) is 0 Å². The van der Waals surface area contributed by atoms with Gasteiger partial charge in [-0.3, -0.25) is 4.57 Å². The minimum atomic E-state index is -3.21. The molecule has 5 heteroatoms. The summed E-state index contributed by atoms with van der Waals surface area (Å²) in [6.07, 6.45) is 3.83. The normalized spacial score (nSPS) is 11.2. The van der Waals surface area contributed by atoms with Crippen LogP contribution in [0.2, 0.25) is 0 Å². The standard InChI is InChI=1S/C14H26ClO3P/c1-5-8-9-10-14(11-13(4)12-15)19(16,17-6-2)18-7-3/h5-10,12H2,1-4H3. The lowest BCUT2D eigenvalue weighted by Crippen LogP contribution is -1.99. The zero-order valence-electron chi connectivity index (χ0n) is 12.5. The summed E-state index contributed by atoms with van der Waals surface area (Å²) in [7, 11) is -3.21. The first-order valence-corrected chi connectivity index (χ1v) is 9.02. The molecular formula is C14H26ClO3P. The summed E-state index contributed by atoms with van der Waals surface area (Å²) >= 11 is 5.78. The quantitative estimate of drug-likeness (QED) is 0.231. The Hall–Kier alpha value is -0.0400. The van der Waals surface area contributed by atoms with Gasteiger partial charge in [-0.2, -0.15) is 0 Å². The lowest BCUT2D eigenvalue weighted by molar-refractivity contribution is 0.225. The van der Waals surface area contributed by atoms with Crippen molar-refractivity contribution >= 4 is 19.2 Å². The molecule has 0 aliphatic heterocycles. The molecule has 0 aromatic heterocycles. The van der Waals surface area contributed by atoms with E-state index in [-0.39, 0.29) is 0 Å². The lowest BCUT2D eigenvalue weighted by atomic mass is 10.2. The first kappa shape index (κ1) is 19.0. The van der Waals surface area contributed by atoms with Gasteiger partial charge in [0.2, 0.25) is 0 Å². The number of rotatable bonds is 10. The second-order valence-electron chi connectivity index (χ2n) is 4.28. The van der Waals surface area contributed by atoms with Crippen LogP contribution in [-0.4, -0.2) is 19.1 Å². The van der Waals surface area contributed by atoms with Gasteiger partial charge in [-0.25, -0.2) is 0 Å². The van der Waals surface area contributed by atoms with Crippen LogP contribution >= 0.6 is 19.2 Å². The molecule has 112 valence electrons. The maximum atomic E-state index is 12.8. The Kier molecular flexibility index (Phi) is 10.7. The van der Waals surface area contributed by atoms with Crippen LogP contribution in [0.4, 0.5) is 0 Å². The molecule has 19 heavy (non-hydrogen) atoms. The zero-order valence-corrected chi connectivity index (χ0v) is 14.2. The summed E-state index contributed by atoms with van der Waals surface area (Å²) in [5, 5.41) is 0.628. The van der Waals surface area contributed by atoms with Gasteiger partial charge in [-0.05, 0) is 39.2 Å². The third-order valence-corrected chi connectivity index (χ3v) is 5.10. The van der Waals surface area contributed by atoms with Gasteiger partial charge in [0.15, 0.2) is 0 Å². The molecular weight excluding hydrogens is 283 g/mol. The fourth-order valence-electron chi connectivity index (χ4n) is 1.62. The van der Waals surface area contributed by atoms with E-state index in [2.05, 4.69) is 12.7 Å². The van der Waals surface area contributed by atoms with Crippen LogP contribution < -0.4 is 0 Å². The highest BCUT2D eigenvalue weighted by atomic mass is 35.5. The van der Waals surface area contributed by atoms with Crippen LogP contribution in [0, 0.1) is 0 Å². The molecule has 0 N–H and O–H groups in total. The topological polar surface area (TPSA) is 35.5 Å². The Labute approximate surface area is 122 Å². The van der Waals surface area contributed by atoms with E-state index in [1.807, 2.05) is 20.8 Å². The molecule has 0 saturated carbocycles. The number of unbranched alkanes of at least 4 members (excludes halogenated alkanes) is 2. The average Bonchev–Trinajstić information content (AvgIpc) is 2.38. The van der Waals surface area contributed by atoms with Crippen LogP contribution in [0.15, 0.2) is 16.6 Å². The minimum absolute atomic E-state index is 0.357. The van der Waals surface area contributed by atoms with Crippen molar-refractivity contribution in [3.05, 3.63) is 16.6 Å². The molecule has 0 aromatic rings. The summed E-state index contributed by atoms with van der Waals surface area (Å²) in [5.74, 6) is 0.371. The van der Waals surface area contributed by atoms with Gasteiger partial charge in [-0.1, -0.05) is 19.8 Å². The molecule has 0 saturated heterocycles. The summed E-state index contributed by atoms with van der Waals surface area (Å²) < 4.78 is 23.5. The van der Waals surface area contributed by atoms with E-state index >= 15 is 0 Å². The summed E-state index contributed by atoms with van der Waals surface area (Å²) in [6, 6.07) is 0. The van der Waals surface area contributed by atoms with Crippen molar-refractivity contribution in [2.75, 3.05) is 19.1 Å². The maximum absolute atomic E-state index is 12.8. The molecule has 0 atom stereocenters. The molecule has 0 aliphatic carbocycles. The fourth-order valence-corrected chi connectivity index (χ4v) is 3.52. The highest BCUT2D eigenvalue weighted by molar-refractivity contribution is 7.58. The fraction of sp³-hybridized carbons (Fsp3) is 0.786. The number of hydrogen-bond donors (Lipinski definition) is 0. The van der Waals surface area contributed by atoms with E-state index in [0.717, 1.165) is 24.8 Å². The largest absolute Gasteiger partial charge is 0.364 e. The van der Waals surface area contributed by atoms with E-state index in [1.165, 1.54) is 0 Å². The highest BCUT2D eigenvalue weighted by Crippen LogP contribution is 2.57. The smallest absolute Gasteiger partial charge is 0.305 e. The Balaban J connectivity index is 5.29. The van der Waals surface area contributed by atoms with Gasteiger partial charge < -0.3 is 9.05 Å². The molecule has 3 nitrogen and oxygen atoms in total. The Bertz CT molecular complexity index is 350. The lowest BCUT2D eigenvalue weighted by Gasteiger charge is -2.18. The van der Waals surface area contributed by atoms with E-state index in [0.29, 0.717) is 30.8 Å². The number of alkyl halides is 1. The molecule has 0 aromatic carbocycles. The molecule has 0 aliphatic rings. The average molecular weight is 309 g/mol. The third kappa shape index (κ3) is 7.34. The molecule has 0 fully saturated rings. The predicted molar refractivity (Wildman–Crippen MR) is 81.9 cm³/mol. The summed E-state index contributed by atoms with van der Waals surface area (Å²) in [6.45, 7) is 8.34. The van der Waals surface area contributed by atoms with Crippen LogP contribution in [0.5, 0.6) is 0 Å². The summed E-state index contributed by atoms with van der Waals surface area (Å²) in [4.78, 5) is 0. The van der Waals surface area contributed by atoms with E-state index in [9.17, 15) is 4.57 Å². The first-order chi connectivity index (χ1) is 9.03. The Morgan fingerprint density at radius 3 is 2.16 bits per heavy atom. The van der Waals surface area contributed by atoms with Gasteiger partial charge in [0, 0.05) is 0 Å². The Morgan fingerprint density at radius 1 is 1.16 bits per heavy atom. The molecule has 0 radical (unpaired) electrons. The second kappa shape index (κ2) is 10.7. The van der Waals surface area contributed by atoms with Crippen LogP contribution in [0.3, 0.4) is 0 Å². The third-order valence-electron chi connectivity index (χ3n) is 2.50. The Morgan fingerprint density at radius 2 is 1.74 bits per heavy atom. The van der Waals surface area contributed by atoms with E-state index in [4.69, 9.17) is 20.6 Å². The molecule has 0 unspecified atom stereocenters. The minimum Gasteiger partial charge on any atom is -0.305 e. The van der Waals surface area contributed by atoms with Crippen molar-refractivity contribution < 1.29 is 13.6 Å². The predicted octanol–water partition coefficient (Wildman–Crippen LogP) is 5.50. The van der Waals surface area contributed by atoms with Crippen molar-refractivity contribution in [3.8, 4) is 0 Å². The molecule has 0 rings (SSSR count). The molecule has 0 amide bonds. The second-order valence-corrected chi connectivity index (χ2v) is 6.59. The SMILES string of the molecule is CCCCCC(=C=C(C)CCl)P(=O)(OCC)OCC. The maximum Gasteiger partial charge on any atom is 0.364 e. The van der Waals surface area contributed by atoms with Crippen molar-refractivity contribution in [1.29, 1.82) is 0 Å². The van der Waals surface area contributed by atoms with Crippen molar-refractivity contribution in [3.63, 3.8) is 0 Å². The van der Waals surface area contributed by atoms with Gasteiger partial charge >= 0.3 is 7.60 Å². The zero-order chi connectivity index (χ0) is 14.7. The number of hydrogen-bond acceptors (Lipinski definition) is 3. The summed E-state index contributed by atoms with van der Waals surface area (Å²) in [5.41, 5.74) is 3.98. The highest BCUT2D eigenvalue weighted by Gasteiger charge is 2.29. The van der Waals surface area contributed by atoms with Gasteiger partial charge in [0.05, 0.1) is 24.4 Å². The van der Waals surface area contributed by atoms with Crippen LogP contribution in [0.1, 0.15) is 53.4 Å². The molecule has 0 bridgehead atoms. The monoisotopic (exact) mass is 308 g/mol. The van der Waals surface area contributed by atoms with Crippen molar-refractivity contribution in [2.45, 2.75) is 53.4 Å². The number of allylic oxidation sites excluding steroid dienone is 1. The van der Waals surface area contributed by atoms with Crippen molar-refractivity contribution in [1.82, 2.24) is 0 Å². The molecule has 0 spiro atoms. The van der Waals surface area contributed by atoms with E-state index < -0.39 is 7.60 Å². The van der Waals surface area contributed by atoms with Gasteiger partial charge in [0.1, 0.15) is 0 Å². The first-order valence-electron chi connectivity index (χ1n) is 6.94.